The molecule has 0 atom stereocenters. The monoisotopic (exact) mass is 399 g/mol. The van der Waals surface area contributed by atoms with E-state index in [1.165, 1.54) is 27.8 Å². The first-order valence-corrected chi connectivity index (χ1v) is 9.81. The van der Waals surface area contributed by atoms with E-state index in [1.807, 2.05) is 48.5 Å². The molecule has 4 nitrogen and oxygen atoms in total. The minimum absolute atomic E-state index is 0.0712. The van der Waals surface area contributed by atoms with Crippen LogP contribution in [0.1, 0.15) is 16.7 Å². The van der Waals surface area contributed by atoms with Crippen molar-refractivity contribution in [3.05, 3.63) is 64.1 Å². The normalized spacial score (nSPS) is 15.5. The number of rotatable bonds is 6. The van der Waals surface area contributed by atoms with Crippen molar-refractivity contribution >= 4 is 40.3 Å². The van der Waals surface area contributed by atoms with Crippen LogP contribution in [0.15, 0.2) is 47.4 Å². The molecule has 1 aliphatic rings. The van der Waals surface area contributed by atoms with Gasteiger partial charge in [0.2, 0.25) is 0 Å². The highest BCUT2D eigenvalue weighted by Gasteiger charge is 2.28. The molecule has 0 aliphatic carbocycles. The Morgan fingerprint density at radius 1 is 1.04 bits per heavy atom. The number of hydrogen-bond donors (Lipinski definition) is 0. The highest BCUT2D eigenvalue weighted by atomic mass is 32.2. The number of aryl methyl sites for hydroxylation is 2. The molecule has 0 radical (unpaired) electrons. The molecule has 0 aromatic heterocycles. The maximum atomic E-state index is 12.1. The van der Waals surface area contributed by atoms with E-state index in [9.17, 15) is 4.79 Å². The molecule has 0 unspecified atom stereocenters. The van der Waals surface area contributed by atoms with E-state index in [1.54, 1.807) is 7.05 Å². The highest BCUT2D eigenvalue weighted by Crippen LogP contribution is 2.31. The maximum Gasteiger partial charge on any atom is 0.265 e. The number of likely N-dealkylation sites (N-methyl/N-ethyl adjacent to an activating group) is 1. The Bertz CT molecular complexity index is 908. The molecule has 1 heterocycles. The van der Waals surface area contributed by atoms with Crippen LogP contribution in [0.2, 0.25) is 0 Å². The van der Waals surface area contributed by atoms with Crippen molar-refractivity contribution in [2.24, 2.45) is 0 Å². The number of thioether (sulfide) groups is 1. The first-order valence-electron chi connectivity index (χ1n) is 8.58. The Morgan fingerprint density at radius 2 is 1.74 bits per heavy atom. The molecule has 2 aromatic rings. The minimum atomic E-state index is -0.0712. The summed E-state index contributed by atoms with van der Waals surface area (Å²) >= 11 is 6.46. The van der Waals surface area contributed by atoms with Gasteiger partial charge in [-0.15, -0.1) is 0 Å². The van der Waals surface area contributed by atoms with Crippen LogP contribution in [0.5, 0.6) is 11.5 Å². The van der Waals surface area contributed by atoms with Gasteiger partial charge in [-0.1, -0.05) is 42.2 Å². The highest BCUT2D eigenvalue weighted by molar-refractivity contribution is 8.26. The molecule has 1 saturated heterocycles. The van der Waals surface area contributed by atoms with E-state index < -0.39 is 0 Å². The number of carbonyl (C=O) groups excluding carboxylic acids is 1. The van der Waals surface area contributed by atoms with Gasteiger partial charge in [0.1, 0.15) is 29.0 Å². The molecule has 140 valence electrons. The standard InChI is InChI=1S/C21H21NO3S2/c1-14-7-8-18(11-15(14)2)25-10-9-24-17-6-4-5-16(12-17)13-19-20(23)22(3)21(26)27-19/h4-8,11-13H,9-10H2,1-3H3/b19-13+. The van der Waals surface area contributed by atoms with Gasteiger partial charge >= 0.3 is 0 Å². The summed E-state index contributed by atoms with van der Waals surface area (Å²) in [6.45, 7) is 5.04. The molecule has 3 rings (SSSR count). The summed E-state index contributed by atoms with van der Waals surface area (Å²) in [5.74, 6) is 1.51. The molecule has 1 aliphatic heterocycles. The van der Waals surface area contributed by atoms with E-state index in [4.69, 9.17) is 21.7 Å². The SMILES string of the molecule is Cc1ccc(OCCOc2cccc(/C=C3/SC(=S)N(C)C3=O)c2)cc1C. The number of carbonyl (C=O) groups is 1. The third kappa shape index (κ3) is 4.90. The Hall–Kier alpha value is -2.31. The molecule has 6 heteroatoms. The van der Waals surface area contributed by atoms with Crippen LogP contribution < -0.4 is 9.47 Å². The Labute approximate surface area is 169 Å². The summed E-state index contributed by atoms with van der Waals surface area (Å²) in [6, 6.07) is 13.7. The second-order valence-electron chi connectivity index (χ2n) is 6.26. The second-order valence-corrected chi connectivity index (χ2v) is 7.93. The van der Waals surface area contributed by atoms with Gasteiger partial charge in [-0.25, -0.2) is 0 Å². The maximum absolute atomic E-state index is 12.1. The first-order chi connectivity index (χ1) is 12.9. The van der Waals surface area contributed by atoms with Crippen LogP contribution in [-0.4, -0.2) is 35.4 Å². The second kappa shape index (κ2) is 8.59. The van der Waals surface area contributed by atoms with Gasteiger partial charge in [0, 0.05) is 7.05 Å². The summed E-state index contributed by atoms with van der Waals surface area (Å²) in [7, 11) is 1.69. The molecule has 0 bridgehead atoms. The lowest BCUT2D eigenvalue weighted by Gasteiger charge is -2.10. The van der Waals surface area contributed by atoms with Crippen LogP contribution in [0.4, 0.5) is 0 Å². The predicted octanol–water partition coefficient (Wildman–Crippen LogP) is 4.59. The van der Waals surface area contributed by atoms with Crippen molar-refractivity contribution in [3.63, 3.8) is 0 Å². The molecule has 0 spiro atoms. The summed E-state index contributed by atoms with van der Waals surface area (Å²) < 4.78 is 12.1. The van der Waals surface area contributed by atoms with Crippen molar-refractivity contribution in [1.29, 1.82) is 0 Å². The zero-order valence-corrected chi connectivity index (χ0v) is 17.2. The van der Waals surface area contributed by atoms with Crippen LogP contribution in [-0.2, 0) is 4.79 Å². The Morgan fingerprint density at radius 3 is 2.37 bits per heavy atom. The van der Waals surface area contributed by atoms with Crippen molar-refractivity contribution in [2.45, 2.75) is 13.8 Å². The number of hydrogen-bond acceptors (Lipinski definition) is 5. The molecule has 1 fully saturated rings. The Balaban J connectivity index is 1.56. The molecule has 0 saturated carbocycles. The molecule has 2 aromatic carbocycles. The first kappa shape index (κ1) is 19.5. The number of thiocarbonyl (C=S) groups is 1. The fourth-order valence-electron chi connectivity index (χ4n) is 2.51. The smallest absolute Gasteiger partial charge is 0.265 e. The summed E-state index contributed by atoms with van der Waals surface area (Å²) in [4.78, 5) is 14.2. The largest absolute Gasteiger partial charge is 0.490 e. The quantitative estimate of drug-likeness (QED) is 0.403. The molecule has 1 amide bonds. The number of benzene rings is 2. The summed E-state index contributed by atoms with van der Waals surface area (Å²) in [5.41, 5.74) is 3.35. The van der Waals surface area contributed by atoms with Gasteiger partial charge in [0.15, 0.2) is 0 Å². The van der Waals surface area contributed by atoms with Crippen molar-refractivity contribution in [1.82, 2.24) is 4.90 Å². The van der Waals surface area contributed by atoms with E-state index >= 15 is 0 Å². The van der Waals surface area contributed by atoms with E-state index in [0.29, 0.717) is 22.4 Å². The van der Waals surface area contributed by atoms with Crippen molar-refractivity contribution < 1.29 is 14.3 Å². The molecule has 27 heavy (non-hydrogen) atoms. The minimum Gasteiger partial charge on any atom is -0.490 e. The van der Waals surface area contributed by atoms with Gasteiger partial charge in [-0.2, -0.15) is 0 Å². The van der Waals surface area contributed by atoms with E-state index in [0.717, 1.165) is 17.1 Å². The summed E-state index contributed by atoms with van der Waals surface area (Å²) in [5, 5.41) is 0. The van der Waals surface area contributed by atoms with Crippen LogP contribution in [0, 0.1) is 13.8 Å². The van der Waals surface area contributed by atoms with Gasteiger partial charge < -0.3 is 9.47 Å². The third-order valence-corrected chi connectivity index (χ3v) is 5.73. The zero-order valence-electron chi connectivity index (χ0n) is 15.5. The fraction of sp³-hybridized carbons (Fsp3) is 0.238. The fourth-order valence-corrected chi connectivity index (χ4v) is 3.69. The van der Waals surface area contributed by atoms with Gasteiger partial charge in [-0.3, -0.25) is 9.69 Å². The summed E-state index contributed by atoms with van der Waals surface area (Å²) in [6.07, 6.45) is 1.83. The Kier molecular flexibility index (Phi) is 6.19. The van der Waals surface area contributed by atoms with Crippen LogP contribution in [0.3, 0.4) is 0 Å². The lowest BCUT2D eigenvalue weighted by atomic mass is 10.1. The van der Waals surface area contributed by atoms with E-state index in [2.05, 4.69) is 13.8 Å². The van der Waals surface area contributed by atoms with Crippen molar-refractivity contribution in [3.8, 4) is 11.5 Å². The van der Waals surface area contributed by atoms with Crippen LogP contribution in [0.25, 0.3) is 6.08 Å². The number of amides is 1. The average Bonchev–Trinajstić information content (AvgIpc) is 2.89. The van der Waals surface area contributed by atoms with Gasteiger partial charge in [0.25, 0.3) is 5.91 Å². The molecule has 0 N–H and O–H groups in total. The molecular weight excluding hydrogens is 378 g/mol. The van der Waals surface area contributed by atoms with Gasteiger partial charge in [-0.05, 0) is 60.9 Å². The predicted molar refractivity (Wildman–Crippen MR) is 114 cm³/mol. The van der Waals surface area contributed by atoms with Crippen molar-refractivity contribution in [2.75, 3.05) is 20.3 Å². The lowest BCUT2D eigenvalue weighted by molar-refractivity contribution is -0.121. The number of ether oxygens (including phenoxy) is 2. The topological polar surface area (TPSA) is 38.8 Å². The van der Waals surface area contributed by atoms with E-state index in [-0.39, 0.29) is 5.91 Å². The number of nitrogens with zero attached hydrogens (tertiary/aromatic N) is 1. The third-order valence-electron chi connectivity index (χ3n) is 4.24. The average molecular weight is 400 g/mol. The zero-order chi connectivity index (χ0) is 19.4. The van der Waals surface area contributed by atoms with Gasteiger partial charge in [0.05, 0.1) is 4.91 Å². The molecular formula is C21H21NO3S2. The lowest BCUT2D eigenvalue weighted by Crippen LogP contribution is -2.22. The van der Waals surface area contributed by atoms with Crippen LogP contribution >= 0.6 is 24.0 Å².